The van der Waals surface area contributed by atoms with Gasteiger partial charge in [0.1, 0.15) is 6.04 Å². The van der Waals surface area contributed by atoms with E-state index < -0.39 is 22.0 Å². The van der Waals surface area contributed by atoms with Gasteiger partial charge < -0.3 is 16.4 Å². The number of carbonyl (C=O) groups is 2. The van der Waals surface area contributed by atoms with Gasteiger partial charge in [-0.15, -0.1) is 11.3 Å². The molecule has 1 aromatic heterocycles. The lowest BCUT2D eigenvalue weighted by Crippen LogP contribution is -2.51. The number of rotatable bonds is 10. The molecule has 1 unspecified atom stereocenters. The highest BCUT2D eigenvalue weighted by Gasteiger charge is 2.27. The van der Waals surface area contributed by atoms with Gasteiger partial charge in [-0.25, -0.2) is 18.1 Å². The molecule has 190 valence electrons. The van der Waals surface area contributed by atoms with E-state index in [2.05, 4.69) is 20.3 Å². The van der Waals surface area contributed by atoms with Crippen LogP contribution in [-0.4, -0.2) is 43.8 Å². The molecule has 5 N–H and O–H groups in total. The van der Waals surface area contributed by atoms with E-state index in [0.29, 0.717) is 17.1 Å². The monoisotopic (exact) mass is 527 g/mol. The maximum absolute atomic E-state index is 13.0. The lowest BCUT2D eigenvalue weighted by molar-refractivity contribution is -0.127. The molecule has 0 fully saturated rings. The van der Waals surface area contributed by atoms with E-state index in [1.165, 1.54) is 11.3 Å². The van der Waals surface area contributed by atoms with Crippen molar-refractivity contribution < 1.29 is 18.0 Å². The molecule has 9 nitrogen and oxygen atoms in total. The lowest BCUT2D eigenvalue weighted by atomic mass is 9.98. The fraction of sp³-hybridized carbons (Fsp3) is 0.320. The number of nitrogen functional groups attached to an aromatic ring is 1. The molecule has 0 saturated carbocycles. The topological polar surface area (TPSA) is 143 Å². The predicted octanol–water partition coefficient (Wildman–Crippen LogP) is 1.55. The Bertz CT molecular complexity index is 1300. The van der Waals surface area contributed by atoms with Crippen molar-refractivity contribution in [2.24, 2.45) is 0 Å². The number of aryl methyl sites for hydroxylation is 1. The first-order valence-corrected chi connectivity index (χ1v) is 14.1. The number of nitrogens with one attached hydrogen (secondary N) is 3. The fourth-order valence-corrected chi connectivity index (χ4v) is 6.47. The number of benzene rings is 2. The number of carbonyl (C=O) groups excluding carboxylic acids is 2. The summed E-state index contributed by atoms with van der Waals surface area (Å²) in [6.07, 6.45) is 2.29. The third kappa shape index (κ3) is 7.36. The van der Waals surface area contributed by atoms with E-state index in [1.54, 1.807) is 30.3 Å². The average molecular weight is 528 g/mol. The molecule has 0 bridgehead atoms. The van der Waals surface area contributed by atoms with E-state index in [0.717, 1.165) is 29.0 Å². The van der Waals surface area contributed by atoms with Crippen LogP contribution >= 0.6 is 11.3 Å². The number of nitrogens with two attached hydrogens (primary N) is 1. The highest BCUT2D eigenvalue weighted by Crippen LogP contribution is 2.28. The second-order valence-electron chi connectivity index (χ2n) is 8.75. The van der Waals surface area contributed by atoms with Crippen LogP contribution in [0.5, 0.6) is 0 Å². The SMILES string of the molecule is Nc1nc2c(s1)CC(NC(=O)CNC(=O)[C@@H](Cc1ccccc1)NS(=O)(=O)Cc1ccccc1)CC2. The Balaban J connectivity index is 1.35. The number of hydrogen-bond acceptors (Lipinski definition) is 7. The van der Waals surface area contributed by atoms with Gasteiger partial charge in [-0.1, -0.05) is 60.7 Å². The zero-order chi connectivity index (χ0) is 25.5. The quantitative estimate of drug-likeness (QED) is 0.315. The first-order chi connectivity index (χ1) is 17.3. The minimum Gasteiger partial charge on any atom is -0.375 e. The van der Waals surface area contributed by atoms with Crippen LogP contribution in [0.3, 0.4) is 0 Å². The van der Waals surface area contributed by atoms with Gasteiger partial charge in [0.15, 0.2) is 5.13 Å². The summed E-state index contributed by atoms with van der Waals surface area (Å²) in [6, 6.07) is 16.8. The Morgan fingerprint density at radius 3 is 2.42 bits per heavy atom. The predicted molar refractivity (Wildman–Crippen MR) is 140 cm³/mol. The number of aromatic nitrogens is 1. The summed E-state index contributed by atoms with van der Waals surface area (Å²) in [4.78, 5) is 30.9. The van der Waals surface area contributed by atoms with Gasteiger partial charge in [-0.3, -0.25) is 9.59 Å². The van der Waals surface area contributed by atoms with E-state index in [-0.39, 0.29) is 30.7 Å². The third-order valence-electron chi connectivity index (χ3n) is 5.86. The maximum Gasteiger partial charge on any atom is 0.239 e. The van der Waals surface area contributed by atoms with Crippen molar-refractivity contribution in [2.45, 2.75) is 43.5 Å². The Morgan fingerprint density at radius 1 is 1.06 bits per heavy atom. The van der Waals surface area contributed by atoms with E-state index in [4.69, 9.17) is 5.73 Å². The average Bonchev–Trinajstić information content (AvgIpc) is 3.22. The fourth-order valence-electron chi connectivity index (χ4n) is 4.18. The lowest BCUT2D eigenvalue weighted by Gasteiger charge is -2.23. The van der Waals surface area contributed by atoms with Gasteiger partial charge in [-0.05, 0) is 30.4 Å². The standard InChI is InChI=1S/C25H29N5O4S2/c26-25-29-20-12-11-19(14-22(20)35-25)28-23(31)15-27-24(32)21(13-17-7-3-1-4-8-17)30-36(33,34)16-18-9-5-2-6-10-18/h1-10,19,21,30H,11-16H2,(H2,26,29)(H,27,32)(H,28,31)/t19?,21-/m1/s1. The summed E-state index contributed by atoms with van der Waals surface area (Å²) in [6.45, 7) is -0.251. The van der Waals surface area contributed by atoms with Gasteiger partial charge in [0.05, 0.1) is 18.0 Å². The molecule has 1 heterocycles. The number of amides is 2. The Kier molecular flexibility index (Phi) is 8.34. The van der Waals surface area contributed by atoms with Crippen LogP contribution in [0, 0.1) is 0 Å². The molecule has 4 rings (SSSR count). The van der Waals surface area contributed by atoms with Crippen LogP contribution in [0.15, 0.2) is 60.7 Å². The number of hydrogen-bond donors (Lipinski definition) is 4. The summed E-state index contributed by atoms with van der Waals surface area (Å²) in [5, 5.41) is 6.06. The zero-order valence-electron chi connectivity index (χ0n) is 19.6. The van der Waals surface area contributed by atoms with E-state index in [9.17, 15) is 18.0 Å². The first kappa shape index (κ1) is 25.8. The van der Waals surface area contributed by atoms with Crippen molar-refractivity contribution in [2.75, 3.05) is 12.3 Å². The molecule has 2 amide bonds. The van der Waals surface area contributed by atoms with Crippen LogP contribution in [0.1, 0.15) is 28.1 Å². The zero-order valence-corrected chi connectivity index (χ0v) is 21.3. The number of nitrogens with zero attached hydrogens (tertiary/aromatic N) is 1. The van der Waals surface area contributed by atoms with Gasteiger partial charge in [-0.2, -0.15) is 0 Å². The van der Waals surface area contributed by atoms with Crippen molar-refractivity contribution >= 4 is 38.3 Å². The molecule has 2 aromatic carbocycles. The summed E-state index contributed by atoms with van der Waals surface area (Å²) in [5.74, 6) is -1.15. The summed E-state index contributed by atoms with van der Waals surface area (Å²) >= 11 is 1.43. The second kappa shape index (κ2) is 11.6. The van der Waals surface area contributed by atoms with E-state index >= 15 is 0 Å². The van der Waals surface area contributed by atoms with Crippen LogP contribution < -0.4 is 21.1 Å². The maximum atomic E-state index is 13.0. The molecule has 1 aliphatic rings. The molecule has 36 heavy (non-hydrogen) atoms. The number of fused-ring (bicyclic) bond motifs is 1. The molecule has 0 spiro atoms. The van der Waals surface area contributed by atoms with Crippen LogP contribution in [0.25, 0.3) is 0 Å². The highest BCUT2D eigenvalue weighted by molar-refractivity contribution is 7.88. The van der Waals surface area contributed by atoms with Crippen LogP contribution in [-0.2, 0) is 44.6 Å². The summed E-state index contributed by atoms with van der Waals surface area (Å²) in [5.41, 5.74) is 8.18. The summed E-state index contributed by atoms with van der Waals surface area (Å²) < 4.78 is 28.2. The second-order valence-corrected chi connectivity index (χ2v) is 11.6. The smallest absolute Gasteiger partial charge is 0.239 e. The van der Waals surface area contributed by atoms with Crippen molar-refractivity contribution in [3.8, 4) is 0 Å². The van der Waals surface area contributed by atoms with Crippen molar-refractivity contribution in [3.63, 3.8) is 0 Å². The number of thiazole rings is 1. The molecule has 3 aromatic rings. The molecular weight excluding hydrogens is 498 g/mol. The van der Waals surface area contributed by atoms with Crippen molar-refractivity contribution in [1.29, 1.82) is 0 Å². The number of sulfonamides is 1. The minimum absolute atomic E-state index is 0.0637. The molecule has 0 aliphatic heterocycles. The third-order valence-corrected chi connectivity index (χ3v) is 8.17. The van der Waals surface area contributed by atoms with Gasteiger partial charge >= 0.3 is 0 Å². The van der Waals surface area contributed by atoms with Crippen LogP contribution in [0.2, 0.25) is 0 Å². The number of anilines is 1. The molecule has 0 saturated heterocycles. The Labute approximate surface area is 214 Å². The Morgan fingerprint density at radius 2 is 1.72 bits per heavy atom. The van der Waals surface area contributed by atoms with Crippen molar-refractivity contribution in [1.82, 2.24) is 20.3 Å². The normalized spacial score (nSPS) is 16.1. The molecule has 0 radical (unpaired) electrons. The van der Waals surface area contributed by atoms with Gasteiger partial charge in [0, 0.05) is 17.3 Å². The molecule has 11 heteroatoms. The highest BCUT2D eigenvalue weighted by atomic mass is 32.2. The Hall–Kier alpha value is -3.28. The minimum atomic E-state index is -3.81. The largest absolute Gasteiger partial charge is 0.375 e. The molecular formula is C25H29N5O4S2. The van der Waals surface area contributed by atoms with Crippen LogP contribution in [0.4, 0.5) is 5.13 Å². The molecule has 1 aliphatic carbocycles. The van der Waals surface area contributed by atoms with Gasteiger partial charge in [0.2, 0.25) is 21.8 Å². The van der Waals surface area contributed by atoms with Gasteiger partial charge in [0.25, 0.3) is 0 Å². The van der Waals surface area contributed by atoms with Crippen molar-refractivity contribution in [3.05, 3.63) is 82.4 Å². The van der Waals surface area contributed by atoms with E-state index in [1.807, 2.05) is 30.3 Å². The summed E-state index contributed by atoms with van der Waals surface area (Å²) in [7, 11) is -3.81. The first-order valence-electron chi connectivity index (χ1n) is 11.7. The molecule has 2 atom stereocenters.